The van der Waals surface area contributed by atoms with Crippen LogP contribution in [0.1, 0.15) is 28.8 Å². The van der Waals surface area contributed by atoms with Gasteiger partial charge in [0.05, 0.1) is 11.5 Å². The fraction of sp³-hybridized carbons (Fsp3) is 0.300. The van der Waals surface area contributed by atoms with Crippen LogP contribution in [-0.2, 0) is 11.2 Å². The number of carbonyl (C=O) groups is 2. The van der Waals surface area contributed by atoms with Crippen molar-refractivity contribution >= 4 is 17.5 Å². The van der Waals surface area contributed by atoms with Gasteiger partial charge in [-0.1, -0.05) is 12.1 Å². The first-order valence-corrected chi connectivity index (χ1v) is 8.72. The van der Waals surface area contributed by atoms with E-state index in [-0.39, 0.29) is 17.4 Å². The van der Waals surface area contributed by atoms with E-state index in [0.29, 0.717) is 30.5 Å². The van der Waals surface area contributed by atoms with Crippen LogP contribution in [-0.4, -0.2) is 24.5 Å². The third-order valence-electron chi connectivity index (χ3n) is 4.64. The number of benzene rings is 2. The minimum Gasteiger partial charge on any atom is -0.492 e. The maximum Gasteiger partial charge on any atom is 0.258 e. The molecule has 1 saturated carbocycles. The number of rotatable bonds is 4. The molecule has 6 heteroatoms. The molecule has 0 saturated heterocycles. The van der Waals surface area contributed by atoms with Gasteiger partial charge in [0.15, 0.2) is 0 Å². The number of nitrogens with one attached hydrogen (secondary N) is 2. The van der Waals surface area contributed by atoms with Crippen molar-refractivity contribution in [1.82, 2.24) is 5.32 Å². The molecule has 2 aliphatic rings. The van der Waals surface area contributed by atoms with Gasteiger partial charge in [0.25, 0.3) is 5.91 Å². The monoisotopic (exact) mass is 354 g/mol. The number of ether oxygens (including phenoxy) is 1. The summed E-state index contributed by atoms with van der Waals surface area (Å²) in [6.45, 7) is 0.354. The van der Waals surface area contributed by atoms with E-state index < -0.39 is 11.7 Å². The van der Waals surface area contributed by atoms with Crippen LogP contribution in [0.25, 0.3) is 0 Å². The SMILES string of the molecule is O=C(Nc1ccc2c(c1)C[C@@H](C(=O)NC1CC1)CO2)c1ccccc1F. The van der Waals surface area contributed by atoms with Crippen LogP contribution in [0.4, 0.5) is 10.1 Å². The van der Waals surface area contributed by atoms with E-state index in [9.17, 15) is 14.0 Å². The Morgan fingerprint density at radius 3 is 2.69 bits per heavy atom. The van der Waals surface area contributed by atoms with Gasteiger partial charge < -0.3 is 15.4 Å². The highest BCUT2D eigenvalue weighted by atomic mass is 19.1. The van der Waals surface area contributed by atoms with E-state index in [2.05, 4.69) is 10.6 Å². The lowest BCUT2D eigenvalue weighted by Gasteiger charge is -2.25. The second-order valence-electron chi connectivity index (χ2n) is 6.75. The van der Waals surface area contributed by atoms with Gasteiger partial charge in [0.1, 0.15) is 18.2 Å². The zero-order chi connectivity index (χ0) is 18.1. The van der Waals surface area contributed by atoms with E-state index in [1.54, 1.807) is 24.3 Å². The third-order valence-corrected chi connectivity index (χ3v) is 4.64. The van der Waals surface area contributed by atoms with Crippen LogP contribution in [0, 0.1) is 11.7 Å². The predicted molar refractivity (Wildman–Crippen MR) is 94.6 cm³/mol. The van der Waals surface area contributed by atoms with Gasteiger partial charge in [-0.3, -0.25) is 9.59 Å². The van der Waals surface area contributed by atoms with Crippen LogP contribution >= 0.6 is 0 Å². The second-order valence-corrected chi connectivity index (χ2v) is 6.75. The average Bonchev–Trinajstić information content (AvgIpc) is 3.45. The first kappa shape index (κ1) is 16.6. The molecule has 1 heterocycles. The Hall–Kier alpha value is -2.89. The molecule has 4 rings (SSSR count). The van der Waals surface area contributed by atoms with Crippen molar-refractivity contribution in [2.75, 3.05) is 11.9 Å². The highest BCUT2D eigenvalue weighted by Crippen LogP contribution is 2.31. The molecule has 1 fully saturated rings. The van der Waals surface area contributed by atoms with Crippen LogP contribution in [0.15, 0.2) is 42.5 Å². The Kier molecular flexibility index (Phi) is 4.32. The minimum absolute atomic E-state index is 0.0110. The van der Waals surface area contributed by atoms with Crippen molar-refractivity contribution in [2.45, 2.75) is 25.3 Å². The van der Waals surface area contributed by atoms with Crippen LogP contribution in [0.3, 0.4) is 0 Å². The molecule has 0 bridgehead atoms. The molecule has 0 spiro atoms. The van der Waals surface area contributed by atoms with Gasteiger partial charge in [0, 0.05) is 11.7 Å². The van der Waals surface area contributed by atoms with Crippen molar-refractivity contribution in [3.8, 4) is 5.75 Å². The number of amides is 2. The van der Waals surface area contributed by atoms with Gasteiger partial charge in [-0.15, -0.1) is 0 Å². The standard InChI is InChI=1S/C20H19FN2O3/c21-17-4-2-1-3-16(17)20(25)23-15-7-8-18-12(10-15)9-13(11-26-18)19(24)22-14-5-6-14/h1-4,7-8,10,13-14H,5-6,9,11H2,(H,22,24)(H,23,25)/t13-/m1/s1. The first-order valence-electron chi connectivity index (χ1n) is 8.72. The molecule has 2 amide bonds. The van der Waals surface area contributed by atoms with E-state index >= 15 is 0 Å². The highest BCUT2D eigenvalue weighted by Gasteiger charge is 2.30. The van der Waals surface area contributed by atoms with Crippen molar-refractivity contribution in [3.05, 3.63) is 59.4 Å². The summed E-state index contributed by atoms with van der Waals surface area (Å²) in [6, 6.07) is 11.4. The number of anilines is 1. The highest BCUT2D eigenvalue weighted by molar-refractivity contribution is 6.04. The molecule has 1 aliphatic carbocycles. The summed E-state index contributed by atoms with van der Waals surface area (Å²) >= 11 is 0. The molecular formula is C20H19FN2O3. The van der Waals surface area contributed by atoms with E-state index in [1.807, 2.05) is 0 Å². The van der Waals surface area contributed by atoms with Crippen molar-refractivity contribution in [1.29, 1.82) is 0 Å². The Balaban J connectivity index is 1.47. The minimum atomic E-state index is -0.567. The maximum atomic E-state index is 13.7. The molecule has 0 radical (unpaired) electrons. The molecule has 2 aromatic carbocycles. The lowest BCUT2D eigenvalue weighted by atomic mass is 9.95. The molecule has 1 aliphatic heterocycles. The number of carbonyl (C=O) groups excluding carboxylic acids is 2. The first-order chi connectivity index (χ1) is 12.6. The summed E-state index contributed by atoms with van der Waals surface area (Å²) in [7, 11) is 0. The number of hydrogen-bond donors (Lipinski definition) is 2. The van der Waals surface area contributed by atoms with Crippen LogP contribution in [0.2, 0.25) is 0 Å². The van der Waals surface area contributed by atoms with E-state index in [1.165, 1.54) is 18.2 Å². The average molecular weight is 354 g/mol. The quantitative estimate of drug-likeness (QED) is 0.887. The van der Waals surface area contributed by atoms with Gasteiger partial charge >= 0.3 is 0 Å². The van der Waals surface area contributed by atoms with Gasteiger partial charge in [-0.05, 0) is 55.2 Å². The molecule has 5 nitrogen and oxygen atoms in total. The largest absolute Gasteiger partial charge is 0.492 e. The van der Waals surface area contributed by atoms with E-state index in [0.717, 1.165) is 18.4 Å². The van der Waals surface area contributed by atoms with Gasteiger partial charge in [-0.2, -0.15) is 0 Å². The number of fused-ring (bicyclic) bond motifs is 1. The second kappa shape index (κ2) is 6.78. The zero-order valence-electron chi connectivity index (χ0n) is 14.1. The molecule has 2 N–H and O–H groups in total. The fourth-order valence-corrected chi connectivity index (χ4v) is 3.03. The fourth-order valence-electron chi connectivity index (χ4n) is 3.03. The molecular weight excluding hydrogens is 335 g/mol. The molecule has 1 atom stereocenters. The van der Waals surface area contributed by atoms with Gasteiger partial charge in [-0.25, -0.2) is 4.39 Å². The molecule has 26 heavy (non-hydrogen) atoms. The molecule has 2 aromatic rings. The van der Waals surface area contributed by atoms with Gasteiger partial charge in [0.2, 0.25) is 5.91 Å². The lowest BCUT2D eigenvalue weighted by molar-refractivity contribution is -0.126. The molecule has 134 valence electrons. The molecule has 0 aromatic heterocycles. The number of hydrogen-bond acceptors (Lipinski definition) is 3. The van der Waals surface area contributed by atoms with Crippen LogP contribution in [0.5, 0.6) is 5.75 Å². The number of halogens is 1. The van der Waals surface area contributed by atoms with Crippen molar-refractivity contribution in [2.24, 2.45) is 5.92 Å². The summed E-state index contributed by atoms with van der Waals surface area (Å²) in [5.41, 5.74) is 1.39. The van der Waals surface area contributed by atoms with Crippen molar-refractivity contribution < 1.29 is 18.7 Å². The summed E-state index contributed by atoms with van der Waals surface area (Å²) in [5.74, 6) is -0.588. The molecule has 0 unspecified atom stereocenters. The topological polar surface area (TPSA) is 67.4 Å². The summed E-state index contributed by atoms with van der Waals surface area (Å²) in [4.78, 5) is 24.5. The third kappa shape index (κ3) is 3.54. The Labute approximate surface area is 150 Å². The summed E-state index contributed by atoms with van der Waals surface area (Å²) < 4.78 is 19.4. The zero-order valence-corrected chi connectivity index (χ0v) is 14.1. The summed E-state index contributed by atoms with van der Waals surface area (Å²) in [5, 5.41) is 5.70. The maximum absolute atomic E-state index is 13.7. The predicted octanol–water partition coefficient (Wildman–Crippen LogP) is 2.91. The Morgan fingerprint density at radius 2 is 1.92 bits per heavy atom. The lowest BCUT2D eigenvalue weighted by Crippen LogP contribution is -2.38. The van der Waals surface area contributed by atoms with Crippen molar-refractivity contribution in [3.63, 3.8) is 0 Å². The van der Waals surface area contributed by atoms with E-state index in [4.69, 9.17) is 4.74 Å². The summed E-state index contributed by atoms with van der Waals surface area (Å²) in [6.07, 6.45) is 2.64. The normalized spacial score (nSPS) is 18.4. The van der Waals surface area contributed by atoms with Crippen LogP contribution < -0.4 is 15.4 Å². The Bertz CT molecular complexity index is 864. The Morgan fingerprint density at radius 1 is 1.12 bits per heavy atom. The smallest absolute Gasteiger partial charge is 0.258 e.